The van der Waals surface area contributed by atoms with Gasteiger partial charge in [-0.25, -0.2) is 4.79 Å². The highest BCUT2D eigenvalue weighted by Crippen LogP contribution is 2.32. The van der Waals surface area contributed by atoms with Crippen LogP contribution < -0.4 is 0 Å². The molecule has 1 saturated carbocycles. The molecule has 0 atom stereocenters. The molecule has 0 aliphatic heterocycles. The average molecular weight is 212 g/mol. The van der Waals surface area contributed by atoms with E-state index in [2.05, 4.69) is 10.0 Å². The van der Waals surface area contributed by atoms with Crippen molar-refractivity contribution in [1.82, 2.24) is 4.90 Å². The molecule has 0 heterocycles. The molecule has 1 amide bonds. The maximum absolute atomic E-state index is 11.1. The van der Waals surface area contributed by atoms with Crippen molar-refractivity contribution in [3.05, 3.63) is 10.4 Å². The highest BCUT2D eigenvalue weighted by molar-refractivity contribution is 5.66. The first kappa shape index (κ1) is 11.7. The van der Waals surface area contributed by atoms with Crippen LogP contribution in [-0.4, -0.2) is 33.7 Å². The van der Waals surface area contributed by atoms with Gasteiger partial charge in [0.05, 0.1) is 0 Å². The van der Waals surface area contributed by atoms with Gasteiger partial charge in [-0.15, -0.1) is 0 Å². The summed E-state index contributed by atoms with van der Waals surface area (Å²) in [5.41, 5.74) is 7.82. The molecule has 0 aromatic heterocycles. The minimum absolute atomic E-state index is 0.0157. The van der Waals surface area contributed by atoms with Crippen molar-refractivity contribution in [2.24, 2.45) is 5.11 Å². The van der Waals surface area contributed by atoms with Crippen LogP contribution in [0, 0.1) is 0 Å². The number of amides is 1. The van der Waals surface area contributed by atoms with E-state index in [9.17, 15) is 4.79 Å². The molecule has 0 bridgehead atoms. The summed E-state index contributed by atoms with van der Waals surface area (Å²) in [4.78, 5) is 15.2. The fraction of sp³-hybridized carbons (Fsp3) is 0.889. The Hall–Kier alpha value is -1.42. The molecule has 84 valence electrons. The summed E-state index contributed by atoms with van der Waals surface area (Å²) in [6, 6.07) is -0.0535. The molecule has 1 rings (SSSR count). The monoisotopic (exact) mass is 212 g/mol. The number of rotatable bonds is 2. The van der Waals surface area contributed by atoms with Crippen molar-refractivity contribution in [3.63, 3.8) is 0 Å². The second-order valence-corrected chi connectivity index (χ2v) is 4.81. The first-order chi connectivity index (χ1) is 6.86. The molecule has 0 aromatic rings. The molecule has 6 nitrogen and oxygen atoms in total. The number of carboxylic acid groups (broad SMARTS) is 1. The van der Waals surface area contributed by atoms with Gasteiger partial charge in [0.15, 0.2) is 0 Å². The number of nitrogens with zero attached hydrogens (tertiary/aromatic N) is 4. The number of azide groups is 1. The van der Waals surface area contributed by atoms with Crippen LogP contribution in [0.4, 0.5) is 4.79 Å². The van der Waals surface area contributed by atoms with Gasteiger partial charge in [-0.1, -0.05) is 5.11 Å². The smallest absolute Gasteiger partial charge is 0.407 e. The summed E-state index contributed by atoms with van der Waals surface area (Å²) >= 11 is 0. The summed E-state index contributed by atoms with van der Waals surface area (Å²) in [5.74, 6) is 0. The second kappa shape index (κ2) is 3.98. The van der Waals surface area contributed by atoms with Crippen LogP contribution in [0.3, 0.4) is 0 Å². The molecule has 0 unspecified atom stereocenters. The van der Waals surface area contributed by atoms with E-state index in [1.54, 1.807) is 0 Å². The van der Waals surface area contributed by atoms with E-state index in [-0.39, 0.29) is 12.1 Å². The SMILES string of the molecule is CC(C)(C)N(C(=O)O)[C@H]1C[C@@H](N=[N+]=[N-])C1. The highest BCUT2D eigenvalue weighted by Gasteiger charge is 2.40. The average Bonchev–Trinajstić information content (AvgIpc) is 1.97. The van der Waals surface area contributed by atoms with E-state index < -0.39 is 11.6 Å². The normalized spacial score (nSPS) is 25.0. The molecule has 15 heavy (non-hydrogen) atoms. The first-order valence-corrected chi connectivity index (χ1v) is 4.92. The van der Waals surface area contributed by atoms with Crippen molar-refractivity contribution < 1.29 is 9.90 Å². The topological polar surface area (TPSA) is 89.3 Å². The summed E-state index contributed by atoms with van der Waals surface area (Å²) in [6.07, 6.45) is 0.355. The molecular weight excluding hydrogens is 196 g/mol. The van der Waals surface area contributed by atoms with Gasteiger partial charge in [0.1, 0.15) is 0 Å². The molecule has 0 radical (unpaired) electrons. The van der Waals surface area contributed by atoms with Gasteiger partial charge in [0, 0.05) is 22.5 Å². The Morgan fingerprint density at radius 2 is 2.07 bits per heavy atom. The van der Waals surface area contributed by atoms with Gasteiger partial charge in [0.2, 0.25) is 0 Å². The predicted molar refractivity (Wildman–Crippen MR) is 55.6 cm³/mol. The second-order valence-electron chi connectivity index (χ2n) is 4.81. The summed E-state index contributed by atoms with van der Waals surface area (Å²) in [7, 11) is 0. The quantitative estimate of drug-likeness (QED) is 0.433. The molecular formula is C9H16N4O2. The van der Waals surface area contributed by atoms with E-state index in [0.717, 1.165) is 0 Å². The Kier molecular flexibility index (Phi) is 3.09. The van der Waals surface area contributed by atoms with E-state index in [0.29, 0.717) is 12.8 Å². The minimum Gasteiger partial charge on any atom is -0.465 e. The van der Waals surface area contributed by atoms with Gasteiger partial charge < -0.3 is 10.0 Å². The zero-order valence-corrected chi connectivity index (χ0v) is 9.21. The summed E-state index contributed by atoms with van der Waals surface area (Å²) in [6.45, 7) is 5.59. The molecule has 0 aromatic carbocycles. The van der Waals surface area contributed by atoms with Crippen molar-refractivity contribution in [1.29, 1.82) is 0 Å². The molecule has 1 aliphatic rings. The van der Waals surface area contributed by atoms with E-state index in [1.165, 1.54) is 4.90 Å². The van der Waals surface area contributed by atoms with Gasteiger partial charge in [0.25, 0.3) is 0 Å². The molecule has 1 aliphatic carbocycles. The lowest BCUT2D eigenvalue weighted by Gasteiger charge is -2.46. The van der Waals surface area contributed by atoms with Gasteiger partial charge in [-0.05, 0) is 39.1 Å². The van der Waals surface area contributed by atoms with Crippen molar-refractivity contribution >= 4 is 6.09 Å². The number of hydrogen-bond donors (Lipinski definition) is 1. The predicted octanol–water partition coefficient (Wildman–Crippen LogP) is 2.61. The van der Waals surface area contributed by atoms with Gasteiger partial charge in [-0.2, -0.15) is 0 Å². The Morgan fingerprint density at radius 1 is 1.53 bits per heavy atom. The number of hydrogen-bond acceptors (Lipinski definition) is 2. The zero-order valence-electron chi connectivity index (χ0n) is 9.21. The Labute approximate surface area is 88.5 Å². The van der Waals surface area contributed by atoms with Crippen LogP contribution in [0.2, 0.25) is 0 Å². The van der Waals surface area contributed by atoms with Crippen LogP contribution in [0.15, 0.2) is 5.11 Å². The van der Waals surface area contributed by atoms with Crippen LogP contribution in [0.1, 0.15) is 33.6 Å². The number of carbonyl (C=O) groups is 1. The van der Waals surface area contributed by atoms with Crippen LogP contribution in [0.25, 0.3) is 10.4 Å². The zero-order chi connectivity index (χ0) is 11.6. The highest BCUT2D eigenvalue weighted by atomic mass is 16.4. The Balaban J connectivity index is 2.63. The lowest BCUT2D eigenvalue weighted by atomic mass is 9.84. The van der Waals surface area contributed by atoms with Gasteiger partial charge >= 0.3 is 6.09 Å². The largest absolute Gasteiger partial charge is 0.465 e. The minimum atomic E-state index is -0.910. The fourth-order valence-corrected chi connectivity index (χ4v) is 1.93. The van der Waals surface area contributed by atoms with E-state index in [4.69, 9.17) is 10.6 Å². The summed E-state index contributed by atoms with van der Waals surface area (Å²) < 4.78 is 0. The third kappa shape index (κ3) is 2.53. The molecule has 0 spiro atoms. The first-order valence-electron chi connectivity index (χ1n) is 4.92. The van der Waals surface area contributed by atoms with Crippen molar-refractivity contribution in [2.75, 3.05) is 0 Å². The van der Waals surface area contributed by atoms with Crippen molar-refractivity contribution in [3.8, 4) is 0 Å². The third-order valence-corrected chi connectivity index (χ3v) is 2.60. The fourth-order valence-electron chi connectivity index (χ4n) is 1.93. The Bertz CT molecular complexity index is 298. The van der Waals surface area contributed by atoms with E-state index in [1.807, 2.05) is 20.8 Å². The van der Waals surface area contributed by atoms with Crippen molar-refractivity contribution in [2.45, 2.75) is 51.2 Å². The lowest BCUT2D eigenvalue weighted by molar-refractivity contribution is 0.0352. The standard InChI is InChI=1S/C9H16N4O2/c1-9(2,3)13(8(14)15)7-4-6(5-7)11-12-10/h6-7H,4-5H2,1-3H3,(H,14,15)/t6-,7+. The Morgan fingerprint density at radius 3 is 2.40 bits per heavy atom. The lowest BCUT2D eigenvalue weighted by Crippen LogP contribution is -2.56. The van der Waals surface area contributed by atoms with E-state index >= 15 is 0 Å². The summed E-state index contributed by atoms with van der Waals surface area (Å²) in [5, 5.41) is 12.6. The third-order valence-electron chi connectivity index (χ3n) is 2.60. The molecule has 1 N–H and O–H groups in total. The molecule has 6 heteroatoms. The van der Waals surface area contributed by atoms with Crippen LogP contribution in [-0.2, 0) is 0 Å². The maximum atomic E-state index is 11.1. The van der Waals surface area contributed by atoms with Gasteiger partial charge in [-0.3, -0.25) is 0 Å². The maximum Gasteiger partial charge on any atom is 0.407 e. The van der Waals surface area contributed by atoms with Crippen LogP contribution in [0.5, 0.6) is 0 Å². The molecule has 0 saturated heterocycles. The van der Waals surface area contributed by atoms with Crippen LogP contribution >= 0.6 is 0 Å². The molecule has 1 fully saturated rings.